The van der Waals surface area contributed by atoms with Crippen LogP contribution >= 0.6 is 0 Å². The minimum atomic E-state index is -0.167. The number of ether oxygens (including phenoxy) is 1. The van der Waals surface area contributed by atoms with Crippen LogP contribution in [0.5, 0.6) is 5.75 Å². The smallest absolute Gasteiger partial charge is 0.118 e. The number of hydrogen-bond acceptors (Lipinski definition) is 3. The van der Waals surface area contributed by atoms with Gasteiger partial charge in [-0.05, 0) is 55.2 Å². The molecular weight excluding hydrogens is 238 g/mol. The Balaban J connectivity index is 1.62. The van der Waals surface area contributed by atoms with E-state index in [-0.39, 0.29) is 6.10 Å². The molecular formula is C16H23NO2. The maximum Gasteiger partial charge on any atom is 0.118 e. The van der Waals surface area contributed by atoms with Crippen molar-refractivity contribution >= 4 is 0 Å². The summed E-state index contributed by atoms with van der Waals surface area (Å²) in [5.74, 6) is 2.18. The van der Waals surface area contributed by atoms with Crippen molar-refractivity contribution in [2.24, 2.45) is 11.8 Å². The predicted molar refractivity (Wildman–Crippen MR) is 75.2 cm³/mol. The third-order valence-corrected chi connectivity index (χ3v) is 4.28. The number of nitrogens with one attached hydrogen (secondary N) is 1. The van der Waals surface area contributed by atoms with Gasteiger partial charge in [0, 0.05) is 12.6 Å². The summed E-state index contributed by atoms with van der Waals surface area (Å²) in [4.78, 5) is 0. The molecule has 1 aromatic carbocycles. The van der Waals surface area contributed by atoms with Crippen LogP contribution in [0.25, 0.3) is 0 Å². The third kappa shape index (κ3) is 3.28. The lowest BCUT2D eigenvalue weighted by molar-refractivity contribution is 0.143. The van der Waals surface area contributed by atoms with Gasteiger partial charge in [0.05, 0.1) is 13.2 Å². The molecule has 1 aromatic rings. The molecule has 2 N–H and O–H groups in total. The molecule has 2 saturated carbocycles. The maximum absolute atomic E-state index is 9.99. The normalized spacial score (nSPS) is 22.0. The summed E-state index contributed by atoms with van der Waals surface area (Å²) < 4.78 is 5.20. The first kappa shape index (κ1) is 12.9. The molecule has 19 heavy (non-hydrogen) atoms. The molecule has 2 atom stereocenters. The van der Waals surface area contributed by atoms with E-state index >= 15 is 0 Å². The molecule has 3 rings (SSSR count). The number of hydrogen-bond donors (Lipinski definition) is 2. The molecule has 0 amide bonds. The Morgan fingerprint density at radius 3 is 2.32 bits per heavy atom. The summed E-state index contributed by atoms with van der Waals surface area (Å²) in [5, 5.41) is 13.6. The summed E-state index contributed by atoms with van der Waals surface area (Å²) in [7, 11) is 1.69. The first-order valence-corrected chi connectivity index (χ1v) is 7.33. The highest BCUT2D eigenvalue weighted by atomic mass is 16.5. The molecule has 3 heteroatoms. The molecule has 0 aromatic heterocycles. The van der Waals surface area contributed by atoms with E-state index < -0.39 is 0 Å². The lowest BCUT2D eigenvalue weighted by Crippen LogP contribution is -2.32. The molecule has 104 valence electrons. The van der Waals surface area contributed by atoms with Gasteiger partial charge < -0.3 is 15.2 Å². The molecule has 0 saturated heterocycles. The second-order valence-electron chi connectivity index (χ2n) is 5.90. The number of aliphatic hydroxyl groups excluding tert-OH is 1. The van der Waals surface area contributed by atoms with Crippen LogP contribution in [-0.2, 0) is 0 Å². The van der Waals surface area contributed by atoms with Crippen molar-refractivity contribution in [3.63, 3.8) is 0 Å². The van der Waals surface area contributed by atoms with Gasteiger partial charge in [-0.25, -0.2) is 0 Å². The van der Waals surface area contributed by atoms with Crippen LogP contribution in [0.4, 0.5) is 0 Å². The average Bonchev–Trinajstić information content (AvgIpc) is 3.30. The van der Waals surface area contributed by atoms with Gasteiger partial charge in [0.1, 0.15) is 5.75 Å². The zero-order valence-corrected chi connectivity index (χ0v) is 11.5. The zero-order valence-electron chi connectivity index (χ0n) is 11.5. The Bertz CT molecular complexity index is 409. The summed E-state index contributed by atoms with van der Waals surface area (Å²) >= 11 is 0. The minimum absolute atomic E-state index is 0.167. The second-order valence-corrected chi connectivity index (χ2v) is 5.90. The lowest BCUT2D eigenvalue weighted by atomic mass is 10.0. The summed E-state index contributed by atoms with van der Waals surface area (Å²) in [6.07, 6.45) is 4.81. The highest BCUT2D eigenvalue weighted by Crippen LogP contribution is 2.41. The van der Waals surface area contributed by atoms with Crippen molar-refractivity contribution in [3.05, 3.63) is 29.8 Å². The quantitative estimate of drug-likeness (QED) is 0.792. The van der Waals surface area contributed by atoms with E-state index in [9.17, 15) is 5.11 Å². The van der Waals surface area contributed by atoms with Crippen LogP contribution in [0.1, 0.15) is 37.3 Å². The average molecular weight is 261 g/mol. The van der Waals surface area contributed by atoms with Gasteiger partial charge in [-0.3, -0.25) is 0 Å². The Labute approximate surface area is 115 Å². The summed E-state index contributed by atoms with van der Waals surface area (Å²) in [6.45, 7) is 0.720. The fourth-order valence-electron chi connectivity index (χ4n) is 2.69. The van der Waals surface area contributed by atoms with E-state index in [1.165, 1.54) is 31.2 Å². The van der Waals surface area contributed by atoms with E-state index in [0.29, 0.717) is 12.0 Å². The van der Waals surface area contributed by atoms with Crippen LogP contribution in [0.15, 0.2) is 24.3 Å². The van der Waals surface area contributed by atoms with E-state index in [1.54, 1.807) is 7.11 Å². The van der Waals surface area contributed by atoms with Crippen LogP contribution in [0, 0.1) is 11.8 Å². The van der Waals surface area contributed by atoms with Crippen molar-refractivity contribution in [2.45, 2.75) is 37.8 Å². The van der Waals surface area contributed by atoms with Crippen molar-refractivity contribution in [3.8, 4) is 5.75 Å². The van der Waals surface area contributed by atoms with Gasteiger partial charge in [-0.1, -0.05) is 12.1 Å². The van der Waals surface area contributed by atoms with Crippen LogP contribution in [0.3, 0.4) is 0 Å². The Morgan fingerprint density at radius 1 is 1.16 bits per heavy atom. The number of aliphatic hydroxyl groups is 1. The Hall–Kier alpha value is -1.06. The van der Waals surface area contributed by atoms with E-state index in [2.05, 4.69) is 17.4 Å². The minimum Gasteiger partial charge on any atom is -0.497 e. The molecule has 3 nitrogen and oxygen atoms in total. The predicted octanol–water partition coefficient (Wildman–Crippen LogP) is 2.51. The molecule has 0 radical (unpaired) electrons. The third-order valence-electron chi connectivity index (χ3n) is 4.28. The number of methoxy groups -OCH3 is 1. The van der Waals surface area contributed by atoms with Crippen molar-refractivity contribution < 1.29 is 9.84 Å². The molecule has 2 aliphatic carbocycles. The van der Waals surface area contributed by atoms with Gasteiger partial charge in [0.25, 0.3) is 0 Å². The molecule has 2 unspecified atom stereocenters. The van der Waals surface area contributed by atoms with E-state index in [1.807, 2.05) is 12.1 Å². The van der Waals surface area contributed by atoms with Gasteiger partial charge >= 0.3 is 0 Å². The number of rotatable bonds is 7. The topological polar surface area (TPSA) is 41.5 Å². The monoisotopic (exact) mass is 261 g/mol. The standard InChI is InChI=1S/C16H23NO2/c1-19-14-8-6-13(7-9-14)16(12-4-5-12)17-10-15(18)11-2-3-11/h6-9,11-12,15-18H,2-5,10H2,1H3. The zero-order chi connectivity index (χ0) is 13.2. The van der Waals surface area contributed by atoms with Gasteiger partial charge in [0.2, 0.25) is 0 Å². The van der Waals surface area contributed by atoms with E-state index in [0.717, 1.165) is 18.2 Å². The summed E-state index contributed by atoms with van der Waals surface area (Å²) in [6, 6.07) is 8.70. The molecule has 0 heterocycles. The summed E-state index contributed by atoms with van der Waals surface area (Å²) in [5.41, 5.74) is 1.31. The van der Waals surface area contributed by atoms with Crippen molar-refractivity contribution in [1.82, 2.24) is 5.32 Å². The molecule has 2 aliphatic rings. The fraction of sp³-hybridized carbons (Fsp3) is 0.625. The van der Waals surface area contributed by atoms with Gasteiger partial charge in [-0.15, -0.1) is 0 Å². The fourth-order valence-corrected chi connectivity index (χ4v) is 2.69. The SMILES string of the molecule is COc1ccc(C(NCC(O)C2CC2)C2CC2)cc1. The first-order valence-electron chi connectivity index (χ1n) is 7.33. The lowest BCUT2D eigenvalue weighted by Gasteiger charge is -2.21. The van der Waals surface area contributed by atoms with Crippen molar-refractivity contribution in [2.75, 3.05) is 13.7 Å². The van der Waals surface area contributed by atoms with E-state index in [4.69, 9.17) is 4.74 Å². The van der Waals surface area contributed by atoms with Crippen LogP contribution in [0.2, 0.25) is 0 Å². The largest absolute Gasteiger partial charge is 0.497 e. The second kappa shape index (κ2) is 5.51. The van der Waals surface area contributed by atoms with Crippen LogP contribution in [-0.4, -0.2) is 24.9 Å². The maximum atomic E-state index is 9.99. The molecule has 0 bridgehead atoms. The Kier molecular flexibility index (Phi) is 3.76. The first-order chi connectivity index (χ1) is 9.28. The van der Waals surface area contributed by atoms with Crippen molar-refractivity contribution in [1.29, 1.82) is 0 Å². The number of benzene rings is 1. The highest BCUT2D eigenvalue weighted by molar-refractivity contribution is 5.30. The Morgan fingerprint density at radius 2 is 1.79 bits per heavy atom. The highest BCUT2D eigenvalue weighted by Gasteiger charge is 2.34. The molecule has 2 fully saturated rings. The molecule has 0 aliphatic heterocycles. The molecule has 0 spiro atoms. The van der Waals surface area contributed by atoms with Crippen LogP contribution < -0.4 is 10.1 Å². The van der Waals surface area contributed by atoms with Gasteiger partial charge in [0.15, 0.2) is 0 Å². The van der Waals surface area contributed by atoms with Gasteiger partial charge in [-0.2, -0.15) is 0 Å².